The third kappa shape index (κ3) is 5.72. The number of hydrogen-bond acceptors (Lipinski definition) is 5. The number of rotatable bonds is 6. The number of likely N-dealkylation sites (tertiary alicyclic amines) is 1. The van der Waals surface area contributed by atoms with Crippen LogP contribution in [0.25, 0.3) is 0 Å². The standard InChI is InChI=1S/C22H35N3O2S/c1-16-13-24(14-17(2)27-16)15-19-9-11-25(12-10-19)18(3)22(26)23-20-7-5-6-8-21(20)28-4/h5-8,16-19H,9-15H2,1-4H3,(H,23,26). The number of hydrogen-bond donors (Lipinski definition) is 1. The second-order valence-electron chi connectivity index (χ2n) is 8.32. The van der Waals surface area contributed by atoms with Crippen LogP contribution in [0.1, 0.15) is 33.6 Å². The van der Waals surface area contributed by atoms with Gasteiger partial charge in [0.2, 0.25) is 5.91 Å². The summed E-state index contributed by atoms with van der Waals surface area (Å²) in [6.07, 6.45) is 5.03. The Bertz CT molecular complexity index is 638. The van der Waals surface area contributed by atoms with Gasteiger partial charge in [0.1, 0.15) is 0 Å². The number of amides is 1. The van der Waals surface area contributed by atoms with Gasteiger partial charge < -0.3 is 10.1 Å². The van der Waals surface area contributed by atoms with Gasteiger partial charge in [-0.25, -0.2) is 0 Å². The van der Waals surface area contributed by atoms with Gasteiger partial charge in [-0.05, 0) is 71.0 Å². The van der Waals surface area contributed by atoms with Crippen LogP contribution in [-0.4, -0.2) is 72.9 Å². The molecular formula is C22H35N3O2S. The summed E-state index contributed by atoms with van der Waals surface area (Å²) in [6.45, 7) is 11.6. The molecule has 0 aliphatic carbocycles. The van der Waals surface area contributed by atoms with E-state index < -0.39 is 0 Å². The number of morpholine rings is 1. The van der Waals surface area contributed by atoms with Gasteiger partial charge in [0.25, 0.3) is 0 Å². The molecule has 2 heterocycles. The number of thioether (sulfide) groups is 1. The minimum Gasteiger partial charge on any atom is -0.373 e. The van der Waals surface area contributed by atoms with Crippen molar-refractivity contribution in [3.05, 3.63) is 24.3 Å². The Morgan fingerprint density at radius 1 is 1.21 bits per heavy atom. The van der Waals surface area contributed by atoms with Crippen LogP contribution in [0.3, 0.4) is 0 Å². The van der Waals surface area contributed by atoms with E-state index in [1.807, 2.05) is 37.4 Å². The summed E-state index contributed by atoms with van der Waals surface area (Å²) in [5.74, 6) is 0.817. The molecule has 0 radical (unpaired) electrons. The first-order valence-corrected chi connectivity index (χ1v) is 11.7. The predicted octanol–water partition coefficient (Wildman–Crippen LogP) is 3.56. The number of nitrogens with one attached hydrogen (secondary N) is 1. The number of para-hydroxylation sites is 1. The largest absolute Gasteiger partial charge is 0.373 e. The highest BCUT2D eigenvalue weighted by Crippen LogP contribution is 2.26. The molecule has 2 aliphatic rings. The Labute approximate surface area is 174 Å². The topological polar surface area (TPSA) is 44.8 Å². The van der Waals surface area contributed by atoms with Crippen molar-refractivity contribution < 1.29 is 9.53 Å². The maximum Gasteiger partial charge on any atom is 0.241 e. The molecule has 156 valence electrons. The van der Waals surface area contributed by atoms with Crippen molar-refractivity contribution in [2.24, 2.45) is 5.92 Å². The van der Waals surface area contributed by atoms with E-state index in [9.17, 15) is 4.79 Å². The average Bonchev–Trinajstić information content (AvgIpc) is 2.67. The minimum atomic E-state index is -0.0979. The summed E-state index contributed by atoms with van der Waals surface area (Å²) >= 11 is 1.66. The Morgan fingerprint density at radius 3 is 2.50 bits per heavy atom. The van der Waals surface area contributed by atoms with E-state index in [0.717, 1.165) is 49.2 Å². The number of carbonyl (C=O) groups excluding carboxylic acids is 1. The van der Waals surface area contributed by atoms with Crippen LogP contribution >= 0.6 is 11.8 Å². The van der Waals surface area contributed by atoms with Crippen LogP contribution in [-0.2, 0) is 9.53 Å². The van der Waals surface area contributed by atoms with Crippen molar-refractivity contribution >= 4 is 23.4 Å². The average molecular weight is 406 g/mol. The van der Waals surface area contributed by atoms with Crippen molar-refractivity contribution in [3.63, 3.8) is 0 Å². The van der Waals surface area contributed by atoms with Crippen molar-refractivity contribution in [2.45, 2.75) is 56.8 Å². The number of piperidine rings is 1. The smallest absolute Gasteiger partial charge is 0.241 e. The third-order valence-electron chi connectivity index (χ3n) is 5.95. The monoisotopic (exact) mass is 405 g/mol. The molecule has 1 amide bonds. The first-order valence-electron chi connectivity index (χ1n) is 10.5. The first-order chi connectivity index (χ1) is 13.5. The summed E-state index contributed by atoms with van der Waals surface area (Å²) in [5.41, 5.74) is 0.914. The molecule has 2 saturated heterocycles. The molecule has 0 bridgehead atoms. The summed E-state index contributed by atoms with van der Waals surface area (Å²) in [6, 6.07) is 7.90. The number of ether oxygens (including phenoxy) is 1. The van der Waals surface area contributed by atoms with E-state index in [0.29, 0.717) is 12.2 Å². The lowest BCUT2D eigenvalue weighted by Crippen LogP contribution is -2.50. The van der Waals surface area contributed by atoms with Crippen LogP contribution in [0.4, 0.5) is 5.69 Å². The fraction of sp³-hybridized carbons (Fsp3) is 0.682. The number of anilines is 1. The van der Waals surface area contributed by atoms with Crippen molar-refractivity contribution in [1.82, 2.24) is 9.80 Å². The first kappa shape index (κ1) is 21.6. The SMILES string of the molecule is CSc1ccccc1NC(=O)C(C)N1CCC(CN2CC(C)OC(C)C2)CC1. The Kier molecular flexibility index (Phi) is 7.80. The minimum absolute atomic E-state index is 0.0933. The second kappa shape index (κ2) is 10.1. The van der Waals surface area contributed by atoms with Gasteiger partial charge in [0.05, 0.1) is 23.9 Å². The number of carbonyl (C=O) groups is 1. The van der Waals surface area contributed by atoms with E-state index in [1.165, 1.54) is 12.8 Å². The van der Waals surface area contributed by atoms with Crippen LogP contribution in [0, 0.1) is 5.92 Å². The molecule has 1 aromatic rings. The van der Waals surface area contributed by atoms with E-state index in [1.54, 1.807) is 11.8 Å². The molecule has 3 rings (SSSR count). The lowest BCUT2D eigenvalue weighted by molar-refractivity contribution is -0.121. The van der Waals surface area contributed by atoms with Crippen molar-refractivity contribution in [3.8, 4) is 0 Å². The zero-order valence-corrected chi connectivity index (χ0v) is 18.5. The molecule has 28 heavy (non-hydrogen) atoms. The zero-order chi connectivity index (χ0) is 20.1. The Hall–Kier alpha value is -1.08. The molecule has 5 nitrogen and oxygen atoms in total. The fourth-order valence-corrected chi connectivity index (χ4v) is 5.03. The van der Waals surface area contributed by atoms with Crippen molar-refractivity contribution in [1.29, 1.82) is 0 Å². The summed E-state index contributed by atoms with van der Waals surface area (Å²) in [5, 5.41) is 3.12. The molecular weight excluding hydrogens is 370 g/mol. The highest BCUT2D eigenvalue weighted by molar-refractivity contribution is 7.98. The highest BCUT2D eigenvalue weighted by atomic mass is 32.2. The Morgan fingerprint density at radius 2 is 1.86 bits per heavy atom. The number of nitrogens with zero attached hydrogens (tertiary/aromatic N) is 2. The maximum atomic E-state index is 12.8. The summed E-state index contributed by atoms with van der Waals surface area (Å²) in [4.78, 5) is 18.8. The molecule has 1 aromatic carbocycles. The van der Waals surface area contributed by atoms with Crippen LogP contribution < -0.4 is 5.32 Å². The molecule has 0 saturated carbocycles. The van der Waals surface area contributed by atoms with Crippen LogP contribution in [0.2, 0.25) is 0 Å². The molecule has 1 N–H and O–H groups in total. The molecule has 2 fully saturated rings. The lowest BCUT2D eigenvalue weighted by atomic mass is 9.94. The van der Waals surface area contributed by atoms with Gasteiger partial charge >= 0.3 is 0 Å². The van der Waals surface area contributed by atoms with Gasteiger partial charge in [-0.15, -0.1) is 11.8 Å². The second-order valence-corrected chi connectivity index (χ2v) is 9.17. The summed E-state index contributed by atoms with van der Waals surface area (Å²) in [7, 11) is 0. The predicted molar refractivity (Wildman–Crippen MR) is 117 cm³/mol. The lowest BCUT2D eigenvalue weighted by Gasteiger charge is -2.40. The fourth-order valence-electron chi connectivity index (χ4n) is 4.47. The molecule has 6 heteroatoms. The quantitative estimate of drug-likeness (QED) is 0.733. The maximum absolute atomic E-state index is 12.8. The molecule has 3 unspecified atom stereocenters. The Balaban J connectivity index is 1.46. The van der Waals surface area contributed by atoms with Gasteiger partial charge in [-0.1, -0.05) is 12.1 Å². The van der Waals surface area contributed by atoms with Gasteiger partial charge in [-0.2, -0.15) is 0 Å². The van der Waals surface area contributed by atoms with E-state index in [2.05, 4.69) is 29.0 Å². The van der Waals surface area contributed by atoms with E-state index in [4.69, 9.17) is 4.74 Å². The van der Waals surface area contributed by atoms with E-state index >= 15 is 0 Å². The van der Waals surface area contributed by atoms with Crippen LogP contribution in [0.5, 0.6) is 0 Å². The van der Waals surface area contributed by atoms with Crippen LogP contribution in [0.15, 0.2) is 29.2 Å². The number of benzene rings is 1. The molecule has 2 aliphatic heterocycles. The normalized spacial score (nSPS) is 26.1. The van der Waals surface area contributed by atoms with Gasteiger partial charge in [0.15, 0.2) is 0 Å². The zero-order valence-electron chi connectivity index (χ0n) is 17.7. The molecule has 0 aromatic heterocycles. The highest BCUT2D eigenvalue weighted by Gasteiger charge is 2.29. The molecule has 0 spiro atoms. The molecule has 3 atom stereocenters. The van der Waals surface area contributed by atoms with Crippen molar-refractivity contribution in [2.75, 3.05) is 44.3 Å². The van der Waals surface area contributed by atoms with Gasteiger partial charge in [-0.3, -0.25) is 14.6 Å². The summed E-state index contributed by atoms with van der Waals surface area (Å²) < 4.78 is 5.85. The van der Waals surface area contributed by atoms with E-state index in [-0.39, 0.29) is 11.9 Å². The van der Waals surface area contributed by atoms with Gasteiger partial charge in [0, 0.05) is 24.5 Å². The third-order valence-corrected chi connectivity index (χ3v) is 6.75.